The number of hydrogen-bond donors (Lipinski definition) is 2. The maximum Gasteiger partial charge on any atom is 0.191 e. The molecule has 0 spiro atoms. The lowest BCUT2D eigenvalue weighted by atomic mass is 10.2. The van der Waals surface area contributed by atoms with Gasteiger partial charge in [0.15, 0.2) is 5.96 Å². The Morgan fingerprint density at radius 3 is 2.70 bits per heavy atom. The van der Waals surface area contributed by atoms with Gasteiger partial charge in [0.05, 0.1) is 0 Å². The largest absolute Gasteiger partial charge is 0.355 e. The van der Waals surface area contributed by atoms with Crippen LogP contribution < -0.4 is 10.6 Å². The lowest BCUT2D eigenvalue weighted by Gasteiger charge is -2.20. The fourth-order valence-corrected chi connectivity index (χ4v) is 3.16. The summed E-state index contributed by atoms with van der Waals surface area (Å²) < 4.78 is 0. The molecule has 2 rings (SSSR count). The fraction of sp³-hybridized carbons (Fsp3) is 0.667. The minimum Gasteiger partial charge on any atom is -0.355 e. The molecule has 20 heavy (non-hydrogen) atoms. The van der Waals surface area contributed by atoms with Crippen LogP contribution >= 0.6 is 11.3 Å². The molecule has 0 amide bonds. The normalized spacial score (nSPS) is 17.8. The second-order valence-corrected chi connectivity index (χ2v) is 6.02. The fourth-order valence-electron chi connectivity index (χ4n) is 2.49. The van der Waals surface area contributed by atoms with Crippen LogP contribution in [-0.2, 0) is 6.54 Å². The van der Waals surface area contributed by atoms with Crippen molar-refractivity contribution in [3.63, 3.8) is 0 Å². The summed E-state index contributed by atoms with van der Waals surface area (Å²) in [6, 6.07) is 2.14. The van der Waals surface area contributed by atoms with E-state index in [0.717, 1.165) is 25.6 Å². The smallest absolute Gasteiger partial charge is 0.191 e. The number of likely N-dealkylation sites (tertiary alicyclic amines) is 1. The van der Waals surface area contributed by atoms with Crippen molar-refractivity contribution in [2.75, 3.05) is 33.2 Å². The van der Waals surface area contributed by atoms with Crippen LogP contribution in [0.2, 0.25) is 0 Å². The van der Waals surface area contributed by atoms with Gasteiger partial charge in [0, 0.05) is 26.7 Å². The monoisotopic (exact) mass is 294 g/mol. The van der Waals surface area contributed by atoms with Crippen molar-refractivity contribution >= 4 is 17.3 Å². The molecule has 2 heterocycles. The van der Waals surface area contributed by atoms with Crippen LogP contribution in [0.15, 0.2) is 21.8 Å². The van der Waals surface area contributed by atoms with Gasteiger partial charge < -0.3 is 15.5 Å². The van der Waals surface area contributed by atoms with E-state index in [4.69, 9.17) is 0 Å². The standard InChI is InChI=1S/C15H26N4S/c1-16-15(18-12-14-6-11-20-13-14)17-7-10-19-8-4-2-3-5-9-19/h6,11,13H,2-5,7-10,12H2,1H3,(H2,16,17,18). The van der Waals surface area contributed by atoms with E-state index in [0.29, 0.717) is 0 Å². The molecule has 0 aromatic carbocycles. The Balaban J connectivity index is 1.63. The van der Waals surface area contributed by atoms with Crippen LogP contribution in [0.5, 0.6) is 0 Å². The molecule has 1 aliphatic rings. The molecular weight excluding hydrogens is 268 g/mol. The predicted octanol–water partition coefficient (Wildman–Crippen LogP) is 2.29. The average molecular weight is 294 g/mol. The Labute approximate surface area is 126 Å². The molecule has 4 nitrogen and oxygen atoms in total. The van der Waals surface area contributed by atoms with Crippen LogP contribution in [0.25, 0.3) is 0 Å². The molecule has 0 bridgehead atoms. The first-order valence-electron chi connectivity index (χ1n) is 7.56. The molecule has 1 aromatic heterocycles. The lowest BCUT2D eigenvalue weighted by Crippen LogP contribution is -2.41. The molecule has 1 fully saturated rings. The van der Waals surface area contributed by atoms with Gasteiger partial charge in [0.1, 0.15) is 0 Å². The van der Waals surface area contributed by atoms with Crippen molar-refractivity contribution in [3.05, 3.63) is 22.4 Å². The second kappa shape index (κ2) is 8.97. The highest BCUT2D eigenvalue weighted by molar-refractivity contribution is 7.07. The van der Waals surface area contributed by atoms with E-state index in [1.54, 1.807) is 11.3 Å². The number of nitrogens with one attached hydrogen (secondary N) is 2. The first kappa shape index (κ1) is 15.3. The number of thiophene rings is 1. The van der Waals surface area contributed by atoms with Gasteiger partial charge in [-0.2, -0.15) is 11.3 Å². The first-order chi connectivity index (χ1) is 9.88. The van der Waals surface area contributed by atoms with Gasteiger partial charge >= 0.3 is 0 Å². The van der Waals surface area contributed by atoms with E-state index in [9.17, 15) is 0 Å². The third-order valence-corrected chi connectivity index (χ3v) is 4.41. The highest BCUT2D eigenvalue weighted by Crippen LogP contribution is 2.08. The molecule has 1 aliphatic heterocycles. The third kappa shape index (κ3) is 5.51. The Morgan fingerprint density at radius 2 is 2.05 bits per heavy atom. The van der Waals surface area contributed by atoms with Crippen molar-refractivity contribution in [2.24, 2.45) is 4.99 Å². The number of aliphatic imine (C=N–C) groups is 1. The Morgan fingerprint density at radius 1 is 1.25 bits per heavy atom. The summed E-state index contributed by atoms with van der Waals surface area (Å²) in [7, 11) is 1.83. The summed E-state index contributed by atoms with van der Waals surface area (Å²) in [5.41, 5.74) is 1.31. The van der Waals surface area contributed by atoms with E-state index in [1.165, 1.54) is 44.3 Å². The van der Waals surface area contributed by atoms with Crippen molar-refractivity contribution in [1.29, 1.82) is 0 Å². The topological polar surface area (TPSA) is 39.7 Å². The van der Waals surface area contributed by atoms with Crippen molar-refractivity contribution in [2.45, 2.75) is 32.2 Å². The van der Waals surface area contributed by atoms with Gasteiger partial charge in [-0.25, -0.2) is 0 Å². The first-order valence-corrected chi connectivity index (χ1v) is 8.51. The van der Waals surface area contributed by atoms with Gasteiger partial charge in [0.25, 0.3) is 0 Å². The molecule has 2 N–H and O–H groups in total. The van der Waals surface area contributed by atoms with Gasteiger partial charge in [-0.05, 0) is 48.3 Å². The summed E-state index contributed by atoms with van der Waals surface area (Å²) >= 11 is 1.73. The number of guanidine groups is 1. The zero-order valence-electron chi connectivity index (χ0n) is 12.4. The minimum atomic E-state index is 0.840. The van der Waals surface area contributed by atoms with Gasteiger partial charge in [-0.1, -0.05) is 12.8 Å². The van der Waals surface area contributed by atoms with Crippen molar-refractivity contribution in [1.82, 2.24) is 15.5 Å². The summed E-state index contributed by atoms with van der Waals surface area (Å²) in [6.45, 7) is 5.42. The van der Waals surface area contributed by atoms with Crippen LogP contribution in [0.4, 0.5) is 0 Å². The number of nitrogens with zero attached hydrogens (tertiary/aromatic N) is 2. The Kier molecular flexibility index (Phi) is 6.88. The molecule has 0 aliphatic carbocycles. The second-order valence-electron chi connectivity index (χ2n) is 5.24. The van der Waals surface area contributed by atoms with Gasteiger partial charge in [-0.15, -0.1) is 0 Å². The van der Waals surface area contributed by atoms with Crippen LogP contribution in [0.3, 0.4) is 0 Å². The van der Waals surface area contributed by atoms with E-state index >= 15 is 0 Å². The third-order valence-electron chi connectivity index (χ3n) is 3.68. The quantitative estimate of drug-likeness (QED) is 0.646. The molecule has 112 valence electrons. The molecule has 1 aromatic rings. The zero-order valence-corrected chi connectivity index (χ0v) is 13.2. The molecule has 5 heteroatoms. The van der Waals surface area contributed by atoms with Gasteiger partial charge in [0.2, 0.25) is 0 Å². The molecule has 0 saturated carbocycles. The lowest BCUT2D eigenvalue weighted by molar-refractivity contribution is 0.289. The van der Waals surface area contributed by atoms with Gasteiger partial charge in [-0.3, -0.25) is 4.99 Å². The maximum atomic E-state index is 4.27. The highest BCUT2D eigenvalue weighted by Gasteiger charge is 2.08. The van der Waals surface area contributed by atoms with E-state index in [-0.39, 0.29) is 0 Å². The summed E-state index contributed by atoms with van der Waals surface area (Å²) in [4.78, 5) is 6.83. The molecule has 1 saturated heterocycles. The van der Waals surface area contributed by atoms with Crippen molar-refractivity contribution in [3.8, 4) is 0 Å². The van der Waals surface area contributed by atoms with E-state index < -0.39 is 0 Å². The molecule has 0 unspecified atom stereocenters. The van der Waals surface area contributed by atoms with Crippen LogP contribution in [0, 0.1) is 0 Å². The SMILES string of the molecule is CN=C(NCCN1CCCCCC1)NCc1ccsc1. The van der Waals surface area contributed by atoms with Crippen LogP contribution in [-0.4, -0.2) is 44.1 Å². The number of hydrogen-bond acceptors (Lipinski definition) is 3. The zero-order chi connectivity index (χ0) is 14.0. The van der Waals surface area contributed by atoms with E-state index in [1.807, 2.05) is 7.05 Å². The summed E-state index contributed by atoms with van der Waals surface area (Å²) in [5, 5.41) is 11.0. The van der Waals surface area contributed by atoms with Crippen LogP contribution in [0.1, 0.15) is 31.2 Å². The minimum absolute atomic E-state index is 0.840. The highest BCUT2D eigenvalue weighted by atomic mass is 32.1. The molecule has 0 radical (unpaired) electrons. The maximum absolute atomic E-state index is 4.27. The molecule has 0 atom stereocenters. The number of rotatable bonds is 5. The summed E-state index contributed by atoms with van der Waals surface area (Å²) in [5.74, 6) is 0.894. The Bertz CT molecular complexity index is 381. The van der Waals surface area contributed by atoms with E-state index in [2.05, 4.69) is 37.4 Å². The summed E-state index contributed by atoms with van der Waals surface area (Å²) in [6.07, 6.45) is 5.50. The predicted molar refractivity (Wildman–Crippen MR) is 87.4 cm³/mol. The van der Waals surface area contributed by atoms with Crippen molar-refractivity contribution < 1.29 is 0 Å². The molecular formula is C15H26N4S. The Hall–Kier alpha value is -1.07. The average Bonchev–Trinajstić information content (AvgIpc) is 2.85.